The van der Waals surface area contributed by atoms with Crippen LogP contribution in [-0.4, -0.2) is 60.6 Å². The molecule has 1 aromatic heterocycles. The van der Waals surface area contributed by atoms with Crippen molar-refractivity contribution in [2.24, 2.45) is 0 Å². The van der Waals surface area contributed by atoms with E-state index in [0.717, 1.165) is 17.9 Å². The van der Waals surface area contributed by atoms with Crippen LogP contribution in [0.5, 0.6) is 23.1 Å². The monoisotopic (exact) mass is 447 g/mol. The molecule has 0 aliphatic carbocycles. The molecule has 0 saturated heterocycles. The van der Waals surface area contributed by atoms with Gasteiger partial charge in [0.1, 0.15) is 17.9 Å². The van der Waals surface area contributed by atoms with E-state index in [1.54, 1.807) is 25.4 Å². The van der Waals surface area contributed by atoms with Gasteiger partial charge in [-0.2, -0.15) is 0 Å². The quantitative estimate of drug-likeness (QED) is 0.596. The first kappa shape index (κ1) is 22.6. The van der Waals surface area contributed by atoms with E-state index in [1.165, 1.54) is 0 Å². The zero-order chi connectivity index (χ0) is 23.0. The SMILES string of the molecule is CCN1CCN(Cc2cccc(OC)c2)CCOc2ccccc2Oc2ncccc2C1=O. The number of hydrogen-bond donors (Lipinski definition) is 0. The maximum Gasteiger partial charge on any atom is 0.259 e. The first-order valence-corrected chi connectivity index (χ1v) is 11.2. The number of para-hydroxylation sites is 2. The van der Waals surface area contributed by atoms with Crippen molar-refractivity contribution < 1.29 is 19.0 Å². The number of fused-ring (bicyclic) bond motifs is 2. The summed E-state index contributed by atoms with van der Waals surface area (Å²) < 4.78 is 17.5. The van der Waals surface area contributed by atoms with Crippen molar-refractivity contribution in [3.8, 4) is 23.1 Å². The lowest BCUT2D eigenvalue weighted by molar-refractivity contribution is 0.0736. The van der Waals surface area contributed by atoms with Gasteiger partial charge in [-0.05, 0) is 48.9 Å². The zero-order valence-electron chi connectivity index (χ0n) is 19.1. The molecule has 0 atom stereocenters. The number of hydrogen-bond acceptors (Lipinski definition) is 6. The van der Waals surface area contributed by atoms with Crippen LogP contribution in [0.1, 0.15) is 22.8 Å². The second kappa shape index (κ2) is 10.8. The van der Waals surface area contributed by atoms with Crippen LogP contribution in [0.15, 0.2) is 66.9 Å². The van der Waals surface area contributed by atoms with Gasteiger partial charge in [-0.1, -0.05) is 24.3 Å². The van der Waals surface area contributed by atoms with Crippen LogP contribution in [-0.2, 0) is 6.54 Å². The van der Waals surface area contributed by atoms with E-state index in [0.29, 0.717) is 49.8 Å². The largest absolute Gasteiger partial charge is 0.497 e. The van der Waals surface area contributed by atoms with Gasteiger partial charge in [0.2, 0.25) is 5.88 Å². The van der Waals surface area contributed by atoms with Crippen LogP contribution in [0.25, 0.3) is 0 Å². The fourth-order valence-corrected chi connectivity index (χ4v) is 3.81. The van der Waals surface area contributed by atoms with Crippen LogP contribution in [0.2, 0.25) is 0 Å². The second-order valence-corrected chi connectivity index (χ2v) is 7.77. The minimum absolute atomic E-state index is 0.0976. The van der Waals surface area contributed by atoms with Crippen molar-refractivity contribution >= 4 is 5.91 Å². The second-order valence-electron chi connectivity index (χ2n) is 7.77. The molecule has 1 aliphatic heterocycles. The molecule has 3 aromatic rings. The summed E-state index contributed by atoms with van der Waals surface area (Å²) in [7, 11) is 1.67. The molecule has 2 heterocycles. The van der Waals surface area contributed by atoms with Crippen molar-refractivity contribution in [3.05, 3.63) is 78.0 Å². The molecule has 0 bridgehead atoms. The standard InChI is InChI=1S/C26H29N3O4/c1-3-29-15-14-28(19-20-8-6-9-21(18-20)31-2)16-17-32-23-11-4-5-12-24(23)33-25-22(26(29)30)10-7-13-27-25/h4-13,18H,3,14-17,19H2,1-2H3. The van der Waals surface area contributed by atoms with Crippen molar-refractivity contribution in [3.63, 3.8) is 0 Å². The summed E-state index contributed by atoms with van der Waals surface area (Å²) in [6.45, 7) is 5.77. The summed E-state index contributed by atoms with van der Waals surface area (Å²) in [5.41, 5.74) is 1.58. The average Bonchev–Trinajstić information content (AvgIpc) is 2.86. The highest BCUT2D eigenvalue weighted by Gasteiger charge is 2.22. The smallest absolute Gasteiger partial charge is 0.259 e. The summed E-state index contributed by atoms with van der Waals surface area (Å²) in [6.07, 6.45) is 1.62. The van der Waals surface area contributed by atoms with Crippen molar-refractivity contribution in [1.29, 1.82) is 0 Å². The summed E-state index contributed by atoms with van der Waals surface area (Å²) in [5.74, 6) is 2.17. The van der Waals surface area contributed by atoms with Gasteiger partial charge in [-0.3, -0.25) is 9.69 Å². The highest BCUT2D eigenvalue weighted by molar-refractivity contribution is 5.96. The van der Waals surface area contributed by atoms with Gasteiger partial charge in [0.05, 0.1) is 7.11 Å². The number of carbonyl (C=O) groups excluding carboxylic acids is 1. The third-order valence-electron chi connectivity index (χ3n) is 5.62. The Kier molecular flexibility index (Phi) is 7.42. The third kappa shape index (κ3) is 5.62. The predicted octanol–water partition coefficient (Wildman–Crippen LogP) is 4.24. The van der Waals surface area contributed by atoms with Crippen molar-refractivity contribution in [1.82, 2.24) is 14.8 Å². The Hall–Kier alpha value is -3.58. The molecule has 0 spiro atoms. The first-order chi connectivity index (χ1) is 16.2. The van der Waals surface area contributed by atoms with Gasteiger partial charge in [-0.15, -0.1) is 0 Å². The van der Waals surface area contributed by atoms with E-state index in [1.807, 2.05) is 54.3 Å². The average molecular weight is 448 g/mol. The molecular weight excluding hydrogens is 418 g/mol. The van der Waals surface area contributed by atoms with E-state index < -0.39 is 0 Å². The molecule has 1 amide bonds. The number of carbonyl (C=O) groups is 1. The summed E-state index contributed by atoms with van der Waals surface area (Å²) in [5, 5.41) is 0. The molecule has 0 unspecified atom stereocenters. The lowest BCUT2D eigenvalue weighted by Crippen LogP contribution is -2.39. The molecule has 0 N–H and O–H groups in total. The Labute approximate surface area is 194 Å². The Morgan fingerprint density at radius 1 is 1.00 bits per heavy atom. The van der Waals surface area contributed by atoms with Crippen molar-refractivity contribution in [2.45, 2.75) is 13.5 Å². The van der Waals surface area contributed by atoms with E-state index in [9.17, 15) is 4.79 Å². The molecule has 0 saturated carbocycles. The Morgan fingerprint density at radius 3 is 2.67 bits per heavy atom. The predicted molar refractivity (Wildman–Crippen MR) is 126 cm³/mol. The fourth-order valence-electron chi connectivity index (χ4n) is 3.81. The Balaban J connectivity index is 1.63. The number of pyridine rings is 1. The van der Waals surface area contributed by atoms with Crippen molar-refractivity contribution in [2.75, 3.05) is 39.9 Å². The molecule has 172 valence electrons. The topological polar surface area (TPSA) is 64.1 Å². The normalized spacial score (nSPS) is 15.1. The molecule has 1 aliphatic rings. The van der Waals surface area contributed by atoms with E-state index >= 15 is 0 Å². The highest BCUT2D eigenvalue weighted by atomic mass is 16.5. The molecular formula is C26H29N3O4. The zero-order valence-corrected chi connectivity index (χ0v) is 19.1. The van der Waals surface area contributed by atoms with Crippen LogP contribution in [0, 0.1) is 0 Å². The maximum absolute atomic E-state index is 13.4. The van der Waals surface area contributed by atoms with E-state index in [-0.39, 0.29) is 11.8 Å². The molecule has 33 heavy (non-hydrogen) atoms. The lowest BCUT2D eigenvalue weighted by atomic mass is 10.2. The van der Waals surface area contributed by atoms with Crippen LogP contribution in [0.4, 0.5) is 0 Å². The minimum atomic E-state index is -0.0976. The summed E-state index contributed by atoms with van der Waals surface area (Å²) in [4.78, 5) is 21.8. The third-order valence-corrected chi connectivity index (χ3v) is 5.62. The van der Waals surface area contributed by atoms with Gasteiger partial charge in [0.15, 0.2) is 11.5 Å². The summed E-state index contributed by atoms with van der Waals surface area (Å²) in [6, 6.07) is 19.0. The van der Waals surface area contributed by atoms with E-state index in [4.69, 9.17) is 14.2 Å². The van der Waals surface area contributed by atoms with Gasteiger partial charge < -0.3 is 19.1 Å². The Morgan fingerprint density at radius 2 is 1.85 bits per heavy atom. The number of likely N-dealkylation sites (N-methyl/N-ethyl adjacent to an activating group) is 1. The maximum atomic E-state index is 13.4. The Bertz CT molecular complexity index is 1090. The molecule has 7 heteroatoms. The van der Waals surface area contributed by atoms with E-state index in [2.05, 4.69) is 16.0 Å². The molecule has 0 radical (unpaired) electrons. The number of methoxy groups -OCH3 is 1. The van der Waals surface area contributed by atoms with Crippen LogP contribution < -0.4 is 14.2 Å². The lowest BCUT2D eigenvalue weighted by Gasteiger charge is -2.27. The highest BCUT2D eigenvalue weighted by Crippen LogP contribution is 2.32. The van der Waals surface area contributed by atoms with Crippen LogP contribution in [0.3, 0.4) is 0 Å². The number of rotatable bonds is 4. The fraction of sp³-hybridized carbons (Fsp3) is 0.308. The van der Waals surface area contributed by atoms with Gasteiger partial charge >= 0.3 is 0 Å². The minimum Gasteiger partial charge on any atom is -0.497 e. The summed E-state index contributed by atoms with van der Waals surface area (Å²) >= 11 is 0. The molecule has 0 fully saturated rings. The van der Waals surface area contributed by atoms with Gasteiger partial charge in [0, 0.05) is 38.9 Å². The van der Waals surface area contributed by atoms with Crippen LogP contribution >= 0.6 is 0 Å². The number of aromatic nitrogens is 1. The first-order valence-electron chi connectivity index (χ1n) is 11.2. The molecule has 4 rings (SSSR count). The number of amides is 1. The van der Waals surface area contributed by atoms with Gasteiger partial charge in [0.25, 0.3) is 5.91 Å². The number of benzene rings is 2. The van der Waals surface area contributed by atoms with Gasteiger partial charge in [-0.25, -0.2) is 4.98 Å². The molecule has 7 nitrogen and oxygen atoms in total. The number of nitrogens with zero attached hydrogens (tertiary/aromatic N) is 3. The number of ether oxygens (including phenoxy) is 3. The molecule has 2 aromatic carbocycles.